The van der Waals surface area contributed by atoms with Crippen LogP contribution in [0.4, 0.5) is 11.4 Å². The minimum atomic E-state index is -0.0490. The number of hydrogen-bond acceptors (Lipinski definition) is 1. The smallest absolute Gasteiger partial charge is 0.0480 e. The second-order valence-electron chi connectivity index (χ2n) is 13.4. The maximum atomic E-state index is 2.75. The molecule has 0 saturated heterocycles. The Balaban J connectivity index is 1.36. The first kappa shape index (κ1) is 23.3. The van der Waals surface area contributed by atoms with Crippen molar-refractivity contribution in [2.45, 2.75) is 70.8 Å². The molecule has 3 aliphatic rings. The van der Waals surface area contributed by atoms with E-state index >= 15 is 0 Å². The average molecular weight is 508 g/mol. The molecular formula is C38H37N. The van der Waals surface area contributed by atoms with Gasteiger partial charge in [-0.2, -0.15) is 0 Å². The molecule has 1 fully saturated rings. The minimum absolute atomic E-state index is 0.0490. The lowest BCUT2D eigenvalue weighted by molar-refractivity contribution is 0.0862. The third-order valence-corrected chi connectivity index (χ3v) is 11.1. The molecule has 39 heavy (non-hydrogen) atoms. The van der Waals surface area contributed by atoms with E-state index in [1.807, 2.05) is 0 Å². The van der Waals surface area contributed by atoms with Crippen LogP contribution in [0.2, 0.25) is 0 Å². The number of rotatable bonds is 1. The van der Waals surface area contributed by atoms with Crippen LogP contribution in [0.5, 0.6) is 0 Å². The van der Waals surface area contributed by atoms with Gasteiger partial charge in [-0.3, -0.25) is 0 Å². The van der Waals surface area contributed by atoms with Crippen LogP contribution in [0.25, 0.3) is 32.7 Å². The van der Waals surface area contributed by atoms with Gasteiger partial charge in [0.2, 0.25) is 0 Å². The van der Waals surface area contributed by atoms with Gasteiger partial charge >= 0.3 is 0 Å². The predicted molar refractivity (Wildman–Crippen MR) is 166 cm³/mol. The van der Waals surface area contributed by atoms with Crippen molar-refractivity contribution in [2.75, 3.05) is 4.90 Å². The van der Waals surface area contributed by atoms with Crippen molar-refractivity contribution >= 4 is 32.9 Å². The quantitative estimate of drug-likeness (QED) is 0.204. The lowest BCUT2D eigenvalue weighted by atomic mass is 9.57. The van der Waals surface area contributed by atoms with Gasteiger partial charge in [-0.1, -0.05) is 106 Å². The summed E-state index contributed by atoms with van der Waals surface area (Å²) in [6, 6.07) is 34.8. The molecule has 1 heterocycles. The van der Waals surface area contributed by atoms with Gasteiger partial charge < -0.3 is 4.90 Å². The maximum Gasteiger partial charge on any atom is 0.0480 e. The van der Waals surface area contributed by atoms with E-state index in [-0.39, 0.29) is 16.4 Å². The highest BCUT2D eigenvalue weighted by Gasteiger charge is 2.54. The van der Waals surface area contributed by atoms with E-state index in [0.29, 0.717) is 0 Å². The summed E-state index contributed by atoms with van der Waals surface area (Å²) in [6.45, 7) is 9.95. The first-order valence-corrected chi connectivity index (χ1v) is 14.8. The van der Waals surface area contributed by atoms with Gasteiger partial charge in [0.25, 0.3) is 0 Å². The minimum Gasteiger partial charge on any atom is -0.335 e. The zero-order valence-electron chi connectivity index (χ0n) is 23.6. The van der Waals surface area contributed by atoms with Crippen LogP contribution in [-0.4, -0.2) is 5.54 Å². The average Bonchev–Trinajstić information content (AvgIpc) is 3.17. The summed E-state index contributed by atoms with van der Waals surface area (Å²) >= 11 is 0. The standard InChI is InChI=1S/C38H37N/c1-36(2)32-20-19-29-28-13-7-5-11-25(28)15-17-30(29)35(32)31-18-16-27(23-33(31)36)39-34-14-8-6-12-26(34)24-37(3)21-9-10-22-38(37,39)4/h5-8,11-20,23H,9-10,21-22,24H2,1-4H3. The van der Waals surface area contributed by atoms with Crippen LogP contribution >= 0.6 is 0 Å². The molecule has 0 amide bonds. The summed E-state index contributed by atoms with van der Waals surface area (Å²) in [4.78, 5) is 2.75. The Morgan fingerprint density at radius 2 is 1.41 bits per heavy atom. The van der Waals surface area contributed by atoms with E-state index in [1.165, 1.54) is 92.8 Å². The molecule has 1 saturated carbocycles. The van der Waals surface area contributed by atoms with E-state index in [4.69, 9.17) is 0 Å². The highest BCUT2D eigenvalue weighted by molar-refractivity contribution is 6.14. The third-order valence-electron chi connectivity index (χ3n) is 11.1. The fraction of sp³-hybridized carbons (Fsp3) is 0.316. The van der Waals surface area contributed by atoms with Gasteiger partial charge in [0.15, 0.2) is 0 Å². The summed E-state index contributed by atoms with van der Waals surface area (Å²) < 4.78 is 0. The first-order valence-electron chi connectivity index (χ1n) is 14.8. The topological polar surface area (TPSA) is 3.24 Å². The molecule has 5 aromatic carbocycles. The van der Waals surface area contributed by atoms with E-state index in [2.05, 4.69) is 124 Å². The molecule has 2 unspecified atom stereocenters. The van der Waals surface area contributed by atoms with Crippen LogP contribution in [0.3, 0.4) is 0 Å². The van der Waals surface area contributed by atoms with Gasteiger partial charge in [0, 0.05) is 22.3 Å². The highest BCUT2D eigenvalue weighted by atomic mass is 15.2. The molecule has 0 radical (unpaired) electrons. The summed E-state index contributed by atoms with van der Waals surface area (Å²) in [5.41, 5.74) is 10.3. The molecule has 0 spiro atoms. The summed E-state index contributed by atoms with van der Waals surface area (Å²) in [5, 5.41) is 5.39. The summed E-state index contributed by atoms with van der Waals surface area (Å²) in [5.74, 6) is 0. The lowest BCUT2D eigenvalue weighted by Crippen LogP contribution is -2.60. The number of benzene rings is 5. The van der Waals surface area contributed by atoms with Crippen molar-refractivity contribution < 1.29 is 0 Å². The molecule has 0 aromatic heterocycles. The molecule has 2 aliphatic carbocycles. The molecule has 194 valence electrons. The number of nitrogens with zero attached hydrogens (tertiary/aromatic N) is 1. The number of para-hydroxylation sites is 1. The van der Waals surface area contributed by atoms with E-state index in [0.717, 1.165) is 0 Å². The largest absolute Gasteiger partial charge is 0.335 e. The normalized spacial score (nSPS) is 24.8. The van der Waals surface area contributed by atoms with E-state index < -0.39 is 0 Å². The van der Waals surface area contributed by atoms with Gasteiger partial charge in [-0.25, -0.2) is 0 Å². The van der Waals surface area contributed by atoms with Gasteiger partial charge in [0.05, 0.1) is 0 Å². The molecule has 8 rings (SSSR count). The van der Waals surface area contributed by atoms with Crippen molar-refractivity contribution in [1.82, 2.24) is 0 Å². The Morgan fingerprint density at radius 3 is 2.31 bits per heavy atom. The number of anilines is 2. The van der Waals surface area contributed by atoms with Crippen LogP contribution < -0.4 is 4.90 Å². The van der Waals surface area contributed by atoms with Crippen LogP contribution in [-0.2, 0) is 11.8 Å². The fourth-order valence-electron chi connectivity index (χ4n) is 8.66. The Labute approximate surface area is 232 Å². The first-order chi connectivity index (χ1) is 18.8. The number of fused-ring (bicyclic) bond motifs is 9. The van der Waals surface area contributed by atoms with E-state index in [1.54, 1.807) is 0 Å². The zero-order chi connectivity index (χ0) is 26.6. The van der Waals surface area contributed by atoms with Crippen molar-refractivity contribution in [1.29, 1.82) is 0 Å². The maximum absolute atomic E-state index is 2.75. The second-order valence-corrected chi connectivity index (χ2v) is 13.4. The molecule has 5 aromatic rings. The molecule has 1 nitrogen and oxygen atoms in total. The molecular weight excluding hydrogens is 470 g/mol. The summed E-state index contributed by atoms with van der Waals surface area (Å²) in [6.07, 6.45) is 6.38. The van der Waals surface area contributed by atoms with Crippen molar-refractivity contribution in [3.63, 3.8) is 0 Å². The van der Waals surface area contributed by atoms with Crippen molar-refractivity contribution in [2.24, 2.45) is 5.41 Å². The van der Waals surface area contributed by atoms with Crippen LogP contribution in [0, 0.1) is 5.41 Å². The Bertz CT molecular complexity index is 1810. The molecule has 0 N–H and O–H groups in total. The predicted octanol–water partition coefficient (Wildman–Crippen LogP) is 10.3. The Kier molecular flexibility index (Phi) is 4.64. The van der Waals surface area contributed by atoms with Crippen molar-refractivity contribution in [3.05, 3.63) is 108 Å². The van der Waals surface area contributed by atoms with Crippen molar-refractivity contribution in [3.8, 4) is 11.1 Å². The molecule has 2 atom stereocenters. The Morgan fingerprint density at radius 1 is 0.641 bits per heavy atom. The molecule has 1 heteroatoms. The monoisotopic (exact) mass is 507 g/mol. The lowest BCUT2D eigenvalue weighted by Gasteiger charge is -2.60. The van der Waals surface area contributed by atoms with Crippen LogP contribution in [0.1, 0.15) is 70.1 Å². The van der Waals surface area contributed by atoms with Gasteiger partial charge in [-0.05, 0) is 99.2 Å². The Hall–Kier alpha value is -3.58. The molecule has 1 aliphatic heterocycles. The fourth-order valence-corrected chi connectivity index (χ4v) is 8.66. The van der Waals surface area contributed by atoms with Crippen LogP contribution in [0.15, 0.2) is 91.0 Å². The zero-order valence-corrected chi connectivity index (χ0v) is 23.6. The SMILES string of the molecule is CC1(C)c2cc(N3c4ccccc4CC4(C)CCCCC34C)ccc2-c2c1ccc1c2ccc2ccccc21. The molecule has 0 bridgehead atoms. The van der Waals surface area contributed by atoms with E-state index in [9.17, 15) is 0 Å². The second kappa shape index (κ2) is 7.75. The third kappa shape index (κ3) is 2.97. The van der Waals surface area contributed by atoms with Gasteiger partial charge in [-0.15, -0.1) is 0 Å². The number of hydrogen-bond donors (Lipinski definition) is 0. The highest BCUT2D eigenvalue weighted by Crippen LogP contribution is 2.59. The van der Waals surface area contributed by atoms with Gasteiger partial charge in [0.1, 0.15) is 0 Å². The summed E-state index contributed by atoms with van der Waals surface area (Å²) in [7, 11) is 0.